The van der Waals surface area contributed by atoms with Gasteiger partial charge in [-0.2, -0.15) is 0 Å². The number of hydrogen-bond donors (Lipinski definition) is 0. The first-order valence-corrected chi connectivity index (χ1v) is 7.92. The molecule has 0 aliphatic rings. The van der Waals surface area contributed by atoms with Crippen LogP contribution in [0.3, 0.4) is 0 Å². The summed E-state index contributed by atoms with van der Waals surface area (Å²) in [5, 5.41) is 1.35. The fourth-order valence-electron chi connectivity index (χ4n) is 1.78. The number of halogens is 4. The van der Waals surface area contributed by atoms with E-state index in [2.05, 4.69) is 31.9 Å². The van der Waals surface area contributed by atoms with E-state index in [1.54, 1.807) is 13.2 Å². The molecule has 100 valence electrons. The van der Waals surface area contributed by atoms with E-state index in [4.69, 9.17) is 27.9 Å². The number of alkyl halides is 1. The highest BCUT2D eigenvalue weighted by atomic mass is 79.9. The highest BCUT2D eigenvalue weighted by Crippen LogP contribution is 2.41. The molecule has 0 saturated heterocycles. The molecule has 0 radical (unpaired) electrons. The van der Waals surface area contributed by atoms with Crippen LogP contribution in [0, 0.1) is 0 Å². The van der Waals surface area contributed by atoms with Gasteiger partial charge in [0.2, 0.25) is 0 Å². The average molecular weight is 425 g/mol. The van der Waals surface area contributed by atoms with Crippen LogP contribution in [0.1, 0.15) is 16.0 Å². The lowest BCUT2D eigenvalue weighted by Gasteiger charge is -2.16. The third-order valence-corrected chi connectivity index (χ3v) is 4.87. The number of hydrogen-bond acceptors (Lipinski definition) is 1. The lowest BCUT2D eigenvalue weighted by molar-refractivity contribution is 0.410. The van der Waals surface area contributed by atoms with Gasteiger partial charge in [0.25, 0.3) is 0 Å². The van der Waals surface area contributed by atoms with E-state index in [-0.39, 0.29) is 4.83 Å². The summed E-state index contributed by atoms with van der Waals surface area (Å²) < 4.78 is 6.35. The highest BCUT2D eigenvalue weighted by molar-refractivity contribution is 9.11. The molecule has 1 nitrogen and oxygen atoms in total. The SMILES string of the molecule is COc1ccc(Cl)cc1C(Br)c1cc(Cl)ccc1Br. The maximum Gasteiger partial charge on any atom is 0.123 e. The van der Waals surface area contributed by atoms with E-state index in [0.29, 0.717) is 10.0 Å². The molecule has 0 aliphatic carbocycles. The second kappa shape index (κ2) is 6.49. The summed E-state index contributed by atoms with van der Waals surface area (Å²) in [6.07, 6.45) is 0. The summed E-state index contributed by atoms with van der Waals surface area (Å²) in [5.41, 5.74) is 1.98. The summed E-state index contributed by atoms with van der Waals surface area (Å²) in [6.45, 7) is 0. The minimum atomic E-state index is -0.0609. The van der Waals surface area contributed by atoms with Crippen molar-refractivity contribution in [2.45, 2.75) is 4.83 Å². The van der Waals surface area contributed by atoms with Crippen molar-refractivity contribution in [3.05, 3.63) is 62.0 Å². The van der Waals surface area contributed by atoms with Gasteiger partial charge in [0.15, 0.2) is 0 Å². The number of methoxy groups -OCH3 is 1. The Hall–Kier alpha value is -0.220. The Bertz CT molecular complexity index is 602. The monoisotopic (exact) mass is 422 g/mol. The predicted molar refractivity (Wildman–Crippen MR) is 87.9 cm³/mol. The molecule has 1 unspecified atom stereocenters. The van der Waals surface area contributed by atoms with Crippen molar-refractivity contribution in [1.29, 1.82) is 0 Å². The number of benzene rings is 2. The van der Waals surface area contributed by atoms with Gasteiger partial charge >= 0.3 is 0 Å². The number of ether oxygens (including phenoxy) is 1. The predicted octanol–water partition coefficient (Wildman–Crippen LogP) is 6.25. The van der Waals surface area contributed by atoms with Gasteiger partial charge in [0, 0.05) is 20.1 Å². The fraction of sp³-hybridized carbons (Fsp3) is 0.143. The molecule has 0 spiro atoms. The molecular weight excluding hydrogens is 415 g/mol. The van der Waals surface area contributed by atoms with Crippen LogP contribution in [0.15, 0.2) is 40.9 Å². The number of rotatable bonds is 3. The van der Waals surface area contributed by atoms with Crippen LogP contribution in [-0.4, -0.2) is 7.11 Å². The molecule has 0 amide bonds. The summed E-state index contributed by atoms with van der Waals surface area (Å²) in [4.78, 5) is -0.0609. The average Bonchev–Trinajstić information content (AvgIpc) is 2.40. The van der Waals surface area contributed by atoms with E-state index in [9.17, 15) is 0 Å². The molecule has 19 heavy (non-hydrogen) atoms. The maximum absolute atomic E-state index is 6.06. The highest BCUT2D eigenvalue weighted by Gasteiger charge is 2.18. The smallest absolute Gasteiger partial charge is 0.123 e. The Labute approximate surface area is 139 Å². The molecular formula is C14H10Br2Cl2O. The van der Waals surface area contributed by atoms with Crippen molar-refractivity contribution < 1.29 is 4.74 Å². The summed E-state index contributed by atoms with van der Waals surface area (Å²) in [6, 6.07) is 11.2. The Balaban J connectivity index is 2.51. The van der Waals surface area contributed by atoms with Crippen LogP contribution < -0.4 is 4.74 Å². The minimum Gasteiger partial charge on any atom is -0.496 e. The van der Waals surface area contributed by atoms with E-state index in [1.165, 1.54) is 0 Å². The van der Waals surface area contributed by atoms with Crippen molar-refractivity contribution in [3.8, 4) is 5.75 Å². The van der Waals surface area contributed by atoms with E-state index >= 15 is 0 Å². The normalized spacial score (nSPS) is 12.3. The van der Waals surface area contributed by atoms with E-state index < -0.39 is 0 Å². The lowest BCUT2D eigenvalue weighted by atomic mass is 10.0. The zero-order chi connectivity index (χ0) is 14.0. The molecule has 1 atom stereocenters. The molecule has 0 fully saturated rings. The van der Waals surface area contributed by atoms with Gasteiger partial charge < -0.3 is 4.74 Å². The molecule has 0 saturated carbocycles. The van der Waals surface area contributed by atoms with Gasteiger partial charge in [0.1, 0.15) is 5.75 Å². The van der Waals surface area contributed by atoms with Crippen molar-refractivity contribution in [2.75, 3.05) is 7.11 Å². The van der Waals surface area contributed by atoms with E-state index in [0.717, 1.165) is 21.3 Å². The quantitative estimate of drug-likeness (QED) is 0.529. The Kier molecular flexibility index (Phi) is 5.18. The standard InChI is InChI=1S/C14H10Br2Cl2O/c1-19-13-5-3-9(18)7-11(13)14(16)10-6-8(17)2-4-12(10)15/h2-7,14H,1H3. The van der Waals surface area contributed by atoms with Gasteiger partial charge in [0.05, 0.1) is 11.9 Å². The fourth-order valence-corrected chi connectivity index (χ4v) is 3.66. The Morgan fingerprint density at radius 3 is 2.21 bits per heavy atom. The molecule has 0 aliphatic heterocycles. The van der Waals surface area contributed by atoms with E-state index in [1.807, 2.05) is 30.3 Å². The largest absolute Gasteiger partial charge is 0.496 e. The zero-order valence-corrected chi connectivity index (χ0v) is 14.6. The molecule has 2 rings (SSSR count). The second-order valence-corrected chi connectivity index (χ2v) is 6.56. The summed E-state index contributed by atoms with van der Waals surface area (Å²) >= 11 is 19.3. The molecule has 0 aromatic heterocycles. The minimum absolute atomic E-state index is 0.0609. The molecule has 2 aromatic carbocycles. The van der Waals surface area contributed by atoms with Crippen LogP contribution >= 0.6 is 55.1 Å². The van der Waals surface area contributed by atoms with Crippen LogP contribution in [-0.2, 0) is 0 Å². The van der Waals surface area contributed by atoms with Crippen LogP contribution in [0.2, 0.25) is 10.0 Å². The van der Waals surface area contributed by atoms with Crippen LogP contribution in [0.25, 0.3) is 0 Å². The molecule has 0 bridgehead atoms. The molecule has 0 N–H and O–H groups in total. The molecule has 2 aromatic rings. The third kappa shape index (κ3) is 3.46. The third-order valence-electron chi connectivity index (χ3n) is 2.70. The first-order chi connectivity index (χ1) is 9.02. The van der Waals surface area contributed by atoms with Gasteiger partial charge in [-0.3, -0.25) is 0 Å². The van der Waals surface area contributed by atoms with Crippen molar-refractivity contribution >= 4 is 55.1 Å². The first-order valence-electron chi connectivity index (χ1n) is 5.45. The first kappa shape index (κ1) is 15.2. The van der Waals surface area contributed by atoms with Gasteiger partial charge in [-0.25, -0.2) is 0 Å². The second-order valence-electron chi connectivity index (χ2n) is 3.91. The Morgan fingerprint density at radius 2 is 1.58 bits per heavy atom. The summed E-state index contributed by atoms with van der Waals surface area (Å²) in [5.74, 6) is 0.776. The lowest BCUT2D eigenvalue weighted by Crippen LogP contribution is -1.98. The van der Waals surface area contributed by atoms with Crippen molar-refractivity contribution in [3.63, 3.8) is 0 Å². The molecule has 5 heteroatoms. The molecule has 0 heterocycles. The zero-order valence-electron chi connectivity index (χ0n) is 9.96. The van der Waals surface area contributed by atoms with Gasteiger partial charge in [-0.15, -0.1) is 0 Å². The van der Waals surface area contributed by atoms with Gasteiger partial charge in [-0.1, -0.05) is 55.1 Å². The van der Waals surface area contributed by atoms with Crippen LogP contribution in [0.5, 0.6) is 5.75 Å². The van der Waals surface area contributed by atoms with Crippen molar-refractivity contribution in [1.82, 2.24) is 0 Å². The van der Waals surface area contributed by atoms with Crippen LogP contribution in [0.4, 0.5) is 0 Å². The summed E-state index contributed by atoms with van der Waals surface area (Å²) in [7, 11) is 1.64. The topological polar surface area (TPSA) is 9.23 Å². The maximum atomic E-state index is 6.06. The Morgan fingerprint density at radius 1 is 1.00 bits per heavy atom. The van der Waals surface area contributed by atoms with Crippen molar-refractivity contribution in [2.24, 2.45) is 0 Å². The van der Waals surface area contributed by atoms with Gasteiger partial charge in [-0.05, 0) is 42.0 Å².